The average molecular weight is 445 g/mol. The third kappa shape index (κ3) is 4.01. The summed E-state index contributed by atoms with van der Waals surface area (Å²) >= 11 is 11.8. The molecule has 2 amide bonds. The largest absolute Gasteiger partial charge is 0.484 e. The second kappa shape index (κ2) is 7.78. The van der Waals surface area contributed by atoms with Crippen molar-refractivity contribution in [2.45, 2.75) is 18.4 Å². The maximum atomic E-state index is 12.8. The Morgan fingerprint density at radius 3 is 2.20 bits per heavy atom. The zero-order chi connectivity index (χ0) is 20.8. The Morgan fingerprint density at radius 2 is 1.57 bits per heavy atom. The van der Waals surface area contributed by atoms with Crippen LogP contribution < -0.4 is 10.1 Å². The second-order valence-electron chi connectivity index (χ2n) is 8.41. The van der Waals surface area contributed by atoms with Gasteiger partial charge in [0.25, 0.3) is 5.91 Å². The Morgan fingerprint density at radius 1 is 0.967 bits per heavy atom. The highest BCUT2D eigenvalue weighted by Crippen LogP contribution is 2.51. The molecule has 2 aliphatic carbocycles. The lowest BCUT2D eigenvalue weighted by molar-refractivity contribution is -0.132. The van der Waals surface area contributed by atoms with Crippen LogP contribution in [-0.4, -0.2) is 42.5 Å². The monoisotopic (exact) mass is 444 g/mol. The van der Waals surface area contributed by atoms with E-state index in [1.807, 2.05) is 29.2 Å². The number of likely N-dealkylation sites (tertiary alicyclic amines) is 1. The fourth-order valence-corrected chi connectivity index (χ4v) is 4.86. The highest BCUT2D eigenvalue weighted by molar-refractivity contribution is 6.30. The lowest BCUT2D eigenvalue weighted by atomic mass is 10.1. The number of nitrogens with one attached hydrogen (secondary N) is 1. The van der Waals surface area contributed by atoms with Crippen LogP contribution in [0.4, 0.5) is 0 Å². The number of hydrogen-bond donors (Lipinski definition) is 1. The van der Waals surface area contributed by atoms with Crippen molar-refractivity contribution in [1.82, 2.24) is 10.2 Å². The van der Waals surface area contributed by atoms with E-state index in [-0.39, 0.29) is 30.4 Å². The number of halogens is 2. The Bertz CT molecular complexity index is 951. The first-order valence-corrected chi connectivity index (χ1v) is 11.0. The minimum Gasteiger partial charge on any atom is -0.484 e. The number of carbonyl (C=O) groups is 2. The van der Waals surface area contributed by atoms with Gasteiger partial charge in [-0.3, -0.25) is 9.59 Å². The van der Waals surface area contributed by atoms with Gasteiger partial charge in [0.2, 0.25) is 5.91 Å². The number of hydrogen-bond acceptors (Lipinski definition) is 3. The van der Waals surface area contributed by atoms with Crippen LogP contribution in [-0.2, 0) is 9.59 Å². The summed E-state index contributed by atoms with van der Waals surface area (Å²) in [5.41, 5.74) is 1.19. The molecule has 7 heteroatoms. The maximum absolute atomic E-state index is 12.8. The summed E-state index contributed by atoms with van der Waals surface area (Å²) in [5.74, 6) is 1.85. The van der Waals surface area contributed by atoms with Gasteiger partial charge < -0.3 is 15.0 Å². The van der Waals surface area contributed by atoms with Gasteiger partial charge in [-0.25, -0.2) is 0 Å². The molecule has 0 spiro atoms. The topological polar surface area (TPSA) is 58.6 Å². The van der Waals surface area contributed by atoms with E-state index >= 15 is 0 Å². The number of ether oxygens (including phenoxy) is 1. The first-order valence-electron chi connectivity index (χ1n) is 10.2. The molecule has 3 fully saturated rings. The predicted molar refractivity (Wildman–Crippen MR) is 115 cm³/mol. The van der Waals surface area contributed by atoms with Crippen molar-refractivity contribution in [3.05, 3.63) is 64.1 Å². The molecule has 156 valence electrons. The zero-order valence-corrected chi connectivity index (χ0v) is 17.8. The molecule has 5 atom stereocenters. The molecule has 2 saturated carbocycles. The molecule has 3 aliphatic rings. The number of carbonyl (C=O) groups excluding carboxylic acids is 2. The van der Waals surface area contributed by atoms with Gasteiger partial charge >= 0.3 is 0 Å². The summed E-state index contributed by atoms with van der Waals surface area (Å²) in [4.78, 5) is 27.0. The molecule has 5 nitrogen and oxygen atoms in total. The molecule has 0 radical (unpaired) electrons. The molecule has 0 bridgehead atoms. The predicted octanol–water partition coefficient (Wildman–Crippen LogP) is 3.75. The smallest absolute Gasteiger partial charge is 0.258 e. The summed E-state index contributed by atoms with van der Waals surface area (Å²) in [5, 5.41) is 4.38. The van der Waals surface area contributed by atoms with Crippen LogP contribution in [0.2, 0.25) is 10.0 Å². The van der Waals surface area contributed by atoms with Gasteiger partial charge in [0, 0.05) is 46.9 Å². The van der Waals surface area contributed by atoms with Crippen molar-refractivity contribution >= 4 is 35.0 Å². The van der Waals surface area contributed by atoms with Crippen molar-refractivity contribution in [3.8, 4) is 5.75 Å². The van der Waals surface area contributed by atoms with E-state index in [1.54, 1.807) is 24.3 Å². The minimum atomic E-state index is -0.132. The third-order valence-electron chi connectivity index (χ3n) is 6.42. The minimum absolute atomic E-state index is 0.0228. The highest BCUT2D eigenvalue weighted by Gasteiger charge is 2.59. The molecule has 30 heavy (non-hydrogen) atoms. The first-order chi connectivity index (χ1) is 14.5. The Kier molecular flexibility index (Phi) is 5.11. The molecular formula is C23H22Cl2N2O3. The van der Waals surface area contributed by atoms with Crippen molar-refractivity contribution in [2.24, 2.45) is 17.8 Å². The van der Waals surface area contributed by atoms with Gasteiger partial charge in [-0.05, 0) is 54.3 Å². The van der Waals surface area contributed by atoms with Crippen LogP contribution in [0, 0.1) is 17.8 Å². The third-order valence-corrected chi connectivity index (χ3v) is 6.93. The second-order valence-corrected chi connectivity index (χ2v) is 9.28. The molecule has 1 N–H and O–H groups in total. The number of benzene rings is 2. The van der Waals surface area contributed by atoms with Crippen LogP contribution in [0.15, 0.2) is 48.5 Å². The van der Waals surface area contributed by atoms with Crippen LogP contribution in [0.3, 0.4) is 0 Å². The van der Waals surface area contributed by atoms with Gasteiger partial charge in [-0.2, -0.15) is 0 Å². The normalized spacial score (nSPS) is 28.6. The molecule has 1 aliphatic heterocycles. The summed E-state index contributed by atoms with van der Waals surface area (Å²) in [7, 11) is 0. The standard InChI is InChI=1S/C23H22Cl2N2O3/c24-14-3-1-13(2-4-14)17-9-18(17)23(29)27-10-19-20(11-27)22(19)26-21(28)12-30-16-7-5-15(25)6-8-16/h1-8,17-20,22H,9-12H2,(H,26,28)/t17?,18?,19-,20+,22+. The Labute approximate surface area is 185 Å². The SMILES string of the molecule is O=C(COc1ccc(Cl)cc1)N[C@H]1[C@@H]2CN(C(=O)C3CC3c3ccc(Cl)cc3)C[C@@H]21. The zero-order valence-electron chi connectivity index (χ0n) is 16.3. The number of fused-ring (bicyclic) bond motifs is 1. The number of nitrogens with zero attached hydrogens (tertiary/aromatic N) is 1. The van der Waals surface area contributed by atoms with Crippen LogP contribution >= 0.6 is 23.2 Å². The molecule has 0 aromatic heterocycles. The summed E-state index contributed by atoms with van der Waals surface area (Å²) in [6.45, 7) is 1.44. The van der Waals surface area contributed by atoms with Gasteiger partial charge in [0.1, 0.15) is 5.75 Å². The number of piperidine rings is 1. The highest BCUT2D eigenvalue weighted by atomic mass is 35.5. The van der Waals surface area contributed by atoms with Gasteiger partial charge in [-0.15, -0.1) is 0 Å². The fraction of sp³-hybridized carbons (Fsp3) is 0.391. The molecule has 2 aromatic carbocycles. The van der Waals surface area contributed by atoms with Crippen molar-refractivity contribution in [3.63, 3.8) is 0 Å². The summed E-state index contributed by atoms with van der Waals surface area (Å²) in [6, 6.07) is 14.9. The van der Waals surface area contributed by atoms with Crippen molar-refractivity contribution in [2.75, 3.05) is 19.7 Å². The van der Waals surface area contributed by atoms with E-state index in [2.05, 4.69) is 5.32 Å². The quantitative estimate of drug-likeness (QED) is 0.737. The van der Waals surface area contributed by atoms with Gasteiger partial charge in [0.05, 0.1) is 0 Å². The average Bonchev–Trinajstić information content (AvgIpc) is 3.62. The fourth-order valence-electron chi connectivity index (χ4n) is 4.61. The summed E-state index contributed by atoms with van der Waals surface area (Å²) in [6.07, 6.45) is 0.911. The first kappa shape index (κ1) is 19.7. The van der Waals surface area contributed by atoms with E-state index in [1.165, 1.54) is 5.56 Å². The lowest BCUT2D eigenvalue weighted by Crippen LogP contribution is -2.39. The number of amides is 2. The van der Waals surface area contributed by atoms with Crippen molar-refractivity contribution < 1.29 is 14.3 Å². The Balaban J connectivity index is 1.06. The van der Waals surface area contributed by atoms with E-state index in [0.29, 0.717) is 33.5 Å². The lowest BCUT2D eigenvalue weighted by Gasteiger charge is -2.20. The van der Waals surface area contributed by atoms with E-state index in [0.717, 1.165) is 19.5 Å². The van der Waals surface area contributed by atoms with Crippen LogP contribution in [0.5, 0.6) is 5.75 Å². The van der Waals surface area contributed by atoms with E-state index in [4.69, 9.17) is 27.9 Å². The molecular weight excluding hydrogens is 423 g/mol. The molecule has 5 rings (SSSR count). The van der Waals surface area contributed by atoms with Gasteiger partial charge in [-0.1, -0.05) is 35.3 Å². The molecule has 2 unspecified atom stereocenters. The van der Waals surface area contributed by atoms with E-state index < -0.39 is 0 Å². The van der Waals surface area contributed by atoms with E-state index in [9.17, 15) is 9.59 Å². The van der Waals surface area contributed by atoms with Crippen molar-refractivity contribution in [1.29, 1.82) is 0 Å². The maximum Gasteiger partial charge on any atom is 0.258 e. The Hall–Kier alpha value is -2.24. The molecule has 1 saturated heterocycles. The summed E-state index contributed by atoms with van der Waals surface area (Å²) < 4.78 is 5.49. The molecule has 2 aromatic rings. The van der Waals surface area contributed by atoms with Crippen LogP contribution in [0.25, 0.3) is 0 Å². The molecule has 1 heterocycles. The number of rotatable bonds is 6. The van der Waals surface area contributed by atoms with Crippen LogP contribution in [0.1, 0.15) is 17.9 Å². The van der Waals surface area contributed by atoms with Gasteiger partial charge in [0.15, 0.2) is 6.61 Å².